The SMILES string of the molecule is Cl.O=S(CC1CCCN1)c1cccc(Br)n1. The number of halogens is 2. The lowest BCUT2D eigenvalue weighted by atomic mass is 10.3. The molecule has 0 aromatic carbocycles. The van der Waals surface area contributed by atoms with Gasteiger partial charge in [-0.15, -0.1) is 12.4 Å². The van der Waals surface area contributed by atoms with Gasteiger partial charge in [0.2, 0.25) is 0 Å². The van der Waals surface area contributed by atoms with Crippen molar-refractivity contribution in [2.75, 3.05) is 12.3 Å². The third-order valence-electron chi connectivity index (χ3n) is 2.44. The van der Waals surface area contributed by atoms with Gasteiger partial charge in [0.25, 0.3) is 0 Å². The molecule has 3 nitrogen and oxygen atoms in total. The van der Waals surface area contributed by atoms with Gasteiger partial charge < -0.3 is 5.32 Å². The zero-order valence-electron chi connectivity index (χ0n) is 8.69. The zero-order chi connectivity index (χ0) is 10.7. The highest BCUT2D eigenvalue weighted by molar-refractivity contribution is 9.10. The number of rotatable bonds is 3. The van der Waals surface area contributed by atoms with E-state index in [9.17, 15) is 4.21 Å². The molecule has 1 aliphatic heterocycles. The molecule has 1 aromatic rings. The number of hydrogen-bond donors (Lipinski definition) is 1. The normalized spacial score (nSPS) is 21.4. The second-order valence-electron chi connectivity index (χ2n) is 3.60. The fraction of sp³-hybridized carbons (Fsp3) is 0.500. The fourth-order valence-corrected chi connectivity index (χ4v) is 3.40. The first kappa shape index (κ1) is 14.1. The molecule has 2 atom stereocenters. The van der Waals surface area contributed by atoms with Crippen molar-refractivity contribution in [1.29, 1.82) is 0 Å². The molecule has 1 aliphatic rings. The Morgan fingerprint density at radius 2 is 2.38 bits per heavy atom. The molecular weight excluding hydrogens is 312 g/mol. The van der Waals surface area contributed by atoms with Gasteiger partial charge in [0.05, 0.1) is 10.8 Å². The summed E-state index contributed by atoms with van der Waals surface area (Å²) in [6, 6.07) is 5.92. The molecule has 16 heavy (non-hydrogen) atoms. The van der Waals surface area contributed by atoms with Crippen molar-refractivity contribution in [2.45, 2.75) is 23.9 Å². The van der Waals surface area contributed by atoms with Crippen LogP contribution in [-0.4, -0.2) is 27.5 Å². The van der Waals surface area contributed by atoms with Crippen molar-refractivity contribution < 1.29 is 4.21 Å². The predicted molar refractivity (Wildman–Crippen MR) is 71.5 cm³/mol. The lowest BCUT2D eigenvalue weighted by Gasteiger charge is -2.08. The Morgan fingerprint density at radius 3 is 3.00 bits per heavy atom. The van der Waals surface area contributed by atoms with E-state index in [1.165, 1.54) is 6.42 Å². The van der Waals surface area contributed by atoms with Crippen LogP contribution in [0, 0.1) is 0 Å². The van der Waals surface area contributed by atoms with E-state index in [4.69, 9.17) is 0 Å². The quantitative estimate of drug-likeness (QED) is 0.866. The molecule has 0 spiro atoms. The molecule has 2 rings (SSSR count). The average Bonchev–Trinajstić information content (AvgIpc) is 2.70. The first-order chi connectivity index (χ1) is 7.25. The molecule has 1 fully saturated rings. The highest BCUT2D eigenvalue weighted by Gasteiger charge is 2.18. The van der Waals surface area contributed by atoms with Crippen molar-refractivity contribution >= 4 is 39.1 Å². The highest BCUT2D eigenvalue weighted by atomic mass is 79.9. The van der Waals surface area contributed by atoms with Crippen LogP contribution in [0.3, 0.4) is 0 Å². The molecule has 0 radical (unpaired) electrons. The molecule has 0 saturated carbocycles. The summed E-state index contributed by atoms with van der Waals surface area (Å²) in [6.07, 6.45) is 2.31. The van der Waals surface area contributed by atoms with Crippen molar-refractivity contribution in [3.63, 3.8) is 0 Å². The Labute approximate surface area is 112 Å². The summed E-state index contributed by atoms with van der Waals surface area (Å²) in [4.78, 5) is 4.20. The second kappa shape index (κ2) is 6.69. The summed E-state index contributed by atoms with van der Waals surface area (Å²) < 4.78 is 12.7. The van der Waals surface area contributed by atoms with Crippen LogP contribution in [0.15, 0.2) is 27.8 Å². The molecule has 0 aliphatic carbocycles. The van der Waals surface area contributed by atoms with Gasteiger partial charge in [-0.25, -0.2) is 4.98 Å². The summed E-state index contributed by atoms with van der Waals surface area (Å²) in [6.45, 7) is 1.05. The predicted octanol–water partition coefficient (Wildman–Crippen LogP) is 2.13. The van der Waals surface area contributed by atoms with Crippen molar-refractivity contribution in [2.24, 2.45) is 0 Å². The Kier molecular flexibility index (Phi) is 5.89. The third-order valence-corrected chi connectivity index (χ3v) is 4.28. The van der Waals surface area contributed by atoms with Crippen LogP contribution in [0.25, 0.3) is 0 Å². The van der Waals surface area contributed by atoms with Crippen molar-refractivity contribution in [1.82, 2.24) is 10.3 Å². The molecule has 1 aromatic heterocycles. The van der Waals surface area contributed by atoms with E-state index in [0.717, 1.165) is 17.6 Å². The minimum atomic E-state index is -0.987. The molecule has 2 unspecified atom stereocenters. The summed E-state index contributed by atoms with van der Waals surface area (Å²) >= 11 is 3.28. The lowest BCUT2D eigenvalue weighted by Crippen LogP contribution is -2.27. The van der Waals surface area contributed by atoms with Crippen molar-refractivity contribution in [3.8, 4) is 0 Å². The average molecular weight is 326 g/mol. The Bertz CT molecular complexity index is 372. The number of nitrogens with zero attached hydrogens (tertiary/aromatic N) is 1. The van der Waals surface area contributed by atoms with Gasteiger partial charge in [0, 0.05) is 11.8 Å². The topological polar surface area (TPSA) is 42.0 Å². The van der Waals surface area contributed by atoms with Gasteiger partial charge in [-0.1, -0.05) is 6.07 Å². The zero-order valence-corrected chi connectivity index (χ0v) is 11.9. The van der Waals surface area contributed by atoms with Crippen LogP contribution in [0.1, 0.15) is 12.8 Å². The van der Waals surface area contributed by atoms with Crippen LogP contribution < -0.4 is 5.32 Å². The molecule has 0 bridgehead atoms. The van der Waals surface area contributed by atoms with Crippen LogP contribution in [-0.2, 0) is 10.8 Å². The summed E-state index contributed by atoms with van der Waals surface area (Å²) in [5.74, 6) is 0.670. The van der Waals surface area contributed by atoms with Gasteiger partial charge in [-0.2, -0.15) is 0 Å². The van der Waals surface area contributed by atoms with Gasteiger partial charge >= 0.3 is 0 Å². The molecule has 6 heteroatoms. The Balaban J connectivity index is 0.00000128. The second-order valence-corrected chi connectivity index (χ2v) is 5.86. The Hall–Kier alpha value is 0.0300. The van der Waals surface area contributed by atoms with Gasteiger partial charge in [-0.05, 0) is 47.4 Å². The summed E-state index contributed by atoms with van der Waals surface area (Å²) in [5.41, 5.74) is 0. The smallest absolute Gasteiger partial charge is 0.128 e. The molecule has 1 saturated heterocycles. The number of nitrogens with one attached hydrogen (secondary N) is 1. The molecule has 1 N–H and O–H groups in total. The van der Waals surface area contributed by atoms with Crippen LogP contribution in [0.2, 0.25) is 0 Å². The van der Waals surface area contributed by atoms with Crippen LogP contribution >= 0.6 is 28.3 Å². The molecular formula is C10H14BrClN2OS. The molecule has 2 heterocycles. The number of hydrogen-bond acceptors (Lipinski definition) is 3. The van der Waals surface area contributed by atoms with E-state index in [2.05, 4.69) is 26.2 Å². The van der Waals surface area contributed by atoms with Gasteiger partial charge in [0.1, 0.15) is 9.63 Å². The van der Waals surface area contributed by atoms with Gasteiger partial charge in [-0.3, -0.25) is 4.21 Å². The van der Waals surface area contributed by atoms with E-state index in [1.54, 1.807) is 0 Å². The van der Waals surface area contributed by atoms with E-state index < -0.39 is 10.8 Å². The Morgan fingerprint density at radius 1 is 1.56 bits per heavy atom. The van der Waals surface area contributed by atoms with Crippen LogP contribution in [0.4, 0.5) is 0 Å². The maximum atomic E-state index is 11.9. The fourth-order valence-electron chi connectivity index (χ4n) is 1.68. The number of aromatic nitrogens is 1. The molecule has 0 amide bonds. The largest absolute Gasteiger partial charge is 0.313 e. The van der Waals surface area contributed by atoms with E-state index in [0.29, 0.717) is 16.8 Å². The minimum absolute atomic E-state index is 0. The van der Waals surface area contributed by atoms with Gasteiger partial charge in [0.15, 0.2) is 0 Å². The van der Waals surface area contributed by atoms with Crippen LogP contribution in [0.5, 0.6) is 0 Å². The van der Waals surface area contributed by atoms with Crippen molar-refractivity contribution in [3.05, 3.63) is 22.8 Å². The standard InChI is InChI=1S/C10H13BrN2OS.ClH/c11-9-4-1-5-10(13-9)15(14)7-8-3-2-6-12-8;/h1,4-5,8,12H,2-3,6-7H2;1H. The maximum absolute atomic E-state index is 11.9. The van der Waals surface area contributed by atoms with E-state index >= 15 is 0 Å². The first-order valence-corrected chi connectivity index (χ1v) is 7.11. The lowest BCUT2D eigenvalue weighted by molar-refractivity contribution is 0.641. The number of pyridine rings is 1. The summed E-state index contributed by atoms with van der Waals surface area (Å²) in [7, 11) is -0.987. The maximum Gasteiger partial charge on any atom is 0.128 e. The first-order valence-electron chi connectivity index (χ1n) is 5.00. The van der Waals surface area contributed by atoms with E-state index in [-0.39, 0.29) is 12.4 Å². The molecule has 90 valence electrons. The summed E-state index contributed by atoms with van der Waals surface area (Å²) in [5, 5.41) is 4.00. The monoisotopic (exact) mass is 324 g/mol. The van der Waals surface area contributed by atoms with E-state index in [1.807, 2.05) is 18.2 Å². The third kappa shape index (κ3) is 3.80. The highest BCUT2D eigenvalue weighted by Crippen LogP contribution is 2.13. The minimum Gasteiger partial charge on any atom is -0.313 e.